The summed E-state index contributed by atoms with van der Waals surface area (Å²) in [6, 6.07) is 12.9. The number of aryl methyl sites for hydroxylation is 1. The first kappa shape index (κ1) is 19.9. The summed E-state index contributed by atoms with van der Waals surface area (Å²) in [6.07, 6.45) is 4.91. The molecule has 146 valence electrons. The summed E-state index contributed by atoms with van der Waals surface area (Å²) < 4.78 is 4.92. The molecular weight excluding hydrogens is 372 g/mol. The highest BCUT2D eigenvalue weighted by molar-refractivity contribution is 7.10. The number of carbonyl (C=O) groups is 2. The molecule has 2 amide bonds. The summed E-state index contributed by atoms with van der Waals surface area (Å²) in [5.74, 6) is -0.583. The van der Waals surface area contributed by atoms with E-state index < -0.39 is 6.04 Å². The molecule has 6 heteroatoms. The normalized spacial score (nSPS) is 12.9. The quantitative estimate of drug-likeness (QED) is 0.596. The van der Waals surface area contributed by atoms with Crippen molar-refractivity contribution in [2.24, 2.45) is 0 Å². The maximum absolute atomic E-state index is 12.8. The van der Waals surface area contributed by atoms with Crippen LogP contribution in [0.15, 0.2) is 64.8 Å². The molecule has 3 rings (SSSR count). The molecule has 0 spiro atoms. The third-order valence-corrected chi connectivity index (χ3v) is 5.43. The predicted octanol–water partition coefficient (Wildman–Crippen LogP) is 4.32. The topological polar surface area (TPSA) is 71.3 Å². The van der Waals surface area contributed by atoms with Gasteiger partial charge in [-0.05, 0) is 42.0 Å². The second-order valence-electron chi connectivity index (χ2n) is 6.66. The molecule has 0 unspecified atom stereocenters. The summed E-state index contributed by atoms with van der Waals surface area (Å²) in [7, 11) is 0. The molecule has 0 saturated carbocycles. The van der Waals surface area contributed by atoms with E-state index in [9.17, 15) is 9.59 Å². The summed E-state index contributed by atoms with van der Waals surface area (Å²) in [5, 5.41) is 7.76. The highest BCUT2D eigenvalue weighted by Gasteiger charge is 2.23. The van der Waals surface area contributed by atoms with Crippen LogP contribution in [0.25, 0.3) is 0 Å². The first-order chi connectivity index (χ1) is 13.6. The van der Waals surface area contributed by atoms with Gasteiger partial charge < -0.3 is 15.1 Å². The summed E-state index contributed by atoms with van der Waals surface area (Å²) in [4.78, 5) is 26.0. The van der Waals surface area contributed by atoms with E-state index in [2.05, 4.69) is 41.8 Å². The largest absolute Gasteiger partial charge is 0.472 e. The van der Waals surface area contributed by atoms with Crippen LogP contribution in [0.5, 0.6) is 0 Å². The molecule has 5 nitrogen and oxygen atoms in total. The van der Waals surface area contributed by atoms with Crippen LogP contribution in [0.2, 0.25) is 0 Å². The Morgan fingerprint density at radius 1 is 1.11 bits per heavy atom. The molecular formula is C22H24N2O3S. The van der Waals surface area contributed by atoms with Gasteiger partial charge in [-0.25, -0.2) is 0 Å². The second kappa shape index (κ2) is 9.37. The number of thiophene rings is 1. The van der Waals surface area contributed by atoms with Gasteiger partial charge in [-0.2, -0.15) is 0 Å². The van der Waals surface area contributed by atoms with Crippen molar-refractivity contribution >= 4 is 23.2 Å². The molecule has 0 fully saturated rings. The average Bonchev–Trinajstić information content (AvgIpc) is 3.41. The van der Waals surface area contributed by atoms with E-state index in [1.807, 2.05) is 17.5 Å². The van der Waals surface area contributed by atoms with Gasteiger partial charge in [0.15, 0.2) is 0 Å². The van der Waals surface area contributed by atoms with E-state index in [-0.39, 0.29) is 17.9 Å². The lowest BCUT2D eigenvalue weighted by atomic mass is 10.0. The number of furan rings is 1. The highest BCUT2D eigenvalue weighted by atomic mass is 32.1. The molecule has 1 aromatic carbocycles. The molecule has 2 aromatic heterocycles. The van der Waals surface area contributed by atoms with Crippen LogP contribution in [-0.4, -0.2) is 17.9 Å². The van der Waals surface area contributed by atoms with Gasteiger partial charge in [0.25, 0.3) is 5.91 Å². The average molecular weight is 397 g/mol. The minimum atomic E-state index is -0.677. The molecule has 0 bridgehead atoms. The molecule has 0 aliphatic rings. The number of nitrogens with one attached hydrogen (secondary N) is 2. The lowest BCUT2D eigenvalue weighted by molar-refractivity contribution is -0.123. The van der Waals surface area contributed by atoms with E-state index in [1.54, 1.807) is 24.3 Å². The van der Waals surface area contributed by atoms with Gasteiger partial charge in [0, 0.05) is 4.88 Å². The molecule has 2 atom stereocenters. The van der Waals surface area contributed by atoms with Crippen LogP contribution in [-0.2, 0) is 11.2 Å². The van der Waals surface area contributed by atoms with Crippen molar-refractivity contribution in [1.82, 2.24) is 10.6 Å². The van der Waals surface area contributed by atoms with Crippen LogP contribution >= 0.6 is 11.3 Å². The van der Waals surface area contributed by atoms with Gasteiger partial charge >= 0.3 is 0 Å². The Morgan fingerprint density at radius 2 is 1.89 bits per heavy atom. The van der Waals surface area contributed by atoms with Crippen molar-refractivity contribution in [3.8, 4) is 0 Å². The molecule has 0 aliphatic carbocycles. The Bertz CT molecular complexity index is 887. The predicted molar refractivity (Wildman–Crippen MR) is 110 cm³/mol. The molecule has 0 radical (unpaired) electrons. The monoisotopic (exact) mass is 396 g/mol. The fourth-order valence-electron chi connectivity index (χ4n) is 2.95. The number of amides is 2. The Hall–Kier alpha value is -2.86. The van der Waals surface area contributed by atoms with E-state index in [0.717, 1.165) is 23.3 Å². The lowest BCUT2D eigenvalue weighted by Gasteiger charge is -2.21. The third kappa shape index (κ3) is 4.89. The SMILES string of the molecule is CCCc1ccc([C@H](NC(=O)[C@H](C)NC(=O)c2ccoc2)c2cccs2)cc1. The van der Waals surface area contributed by atoms with E-state index in [1.165, 1.54) is 18.1 Å². The fraction of sp³-hybridized carbons (Fsp3) is 0.273. The highest BCUT2D eigenvalue weighted by Crippen LogP contribution is 2.26. The minimum Gasteiger partial charge on any atom is -0.472 e. The van der Waals surface area contributed by atoms with E-state index >= 15 is 0 Å². The van der Waals surface area contributed by atoms with E-state index in [4.69, 9.17) is 4.42 Å². The summed E-state index contributed by atoms with van der Waals surface area (Å²) >= 11 is 1.59. The van der Waals surface area contributed by atoms with Crippen molar-refractivity contribution in [3.63, 3.8) is 0 Å². The second-order valence-corrected chi connectivity index (χ2v) is 7.64. The number of carbonyl (C=O) groups excluding carboxylic acids is 2. The zero-order chi connectivity index (χ0) is 19.9. The third-order valence-electron chi connectivity index (χ3n) is 4.49. The lowest BCUT2D eigenvalue weighted by Crippen LogP contribution is -2.45. The van der Waals surface area contributed by atoms with Crippen molar-refractivity contribution in [2.75, 3.05) is 0 Å². The maximum atomic E-state index is 12.8. The van der Waals surface area contributed by atoms with Crippen LogP contribution in [0.4, 0.5) is 0 Å². The Balaban J connectivity index is 1.72. The zero-order valence-electron chi connectivity index (χ0n) is 16.0. The molecule has 28 heavy (non-hydrogen) atoms. The van der Waals surface area contributed by atoms with Gasteiger partial charge in [0.2, 0.25) is 5.91 Å². The van der Waals surface area contributed by atoms with Gasteiger partial charge in [-0.1, -0.05) is 43.7 Å². The van der Waals surface area contributed by atoms with Crippen molar-refractivity contribution in [1.29, 1.82) is 0 Å². The standard InChI is InChI=1S/C22H24N2O3S/c1-3-5-16-7-9-17(10-8-16)20(19-6-4-13-28-19)24-21(25)15(2)23-22(26)18-11-12-27-14-18/h4,6-15,20H,3,5H2,1-2H3,(H,23,26)(H,24,25)/t15-,20-/m0/s1. The van der Waals surface area contributed by atoms with Crippen molar-refractivity contribution in [2.45, 2.75) is 38.8 Å². The van der Waals surface area contributed by atoms with Crippen LogP contribution < -0.4 is 10.6 Å². The summed E-state index contributed by atoms with van der Waals surface area (Å²) in [6.45, 7) is 3.82. The van der Waals surface area contributed by atoms with Crippen molar-refractivity contribution in [3.05, 3.63) is 81.9 Å². The minimum absolute atomic E-state index is 0.243. The number of hydrogen-bond donors (Lipinski definition) is 2. The zero-order valence-corrected chi connectivity index (χ0v) is 16.8. The molecule has 0 saturated heterocycles. The number of rotatable bonds is 8. The van der Waals surface area contributed by atoms with Gasteiger partial charge in [-0.15, -0.1) is 11.3 Å². The van der Waals surface area contributed by atoms with Crippen LogP contribution in [0.1, 0.15) is 52.7 Å². The van der Waals surface area contributed by atoms with Gasteiger partial charge in [0.05, 0.1) is 17.9 Å². The van der Waals surface area contributed by atoms with E-state index in [0.29, 0.717) is 5.56 Å². The Kier molecular flexibility index (Phi) is 6.66. The maximum Gasteiger partial charge on any atom is 0.255 e. The Labute approximate surface area is 168 Å². The first-order valence-electron chi connectivity index (χ1n) is 9.34. The summed E-state index contributed by atoms with van der Waals surface area (Å²) in [5.41, 5.74) is 2.69. The molecule has 2 heterocycles. The smallest absolute Gasteiger partial charge is 0.255 e. The fourth-order valence-corrected chi connectivity index (χ4v) is 3.75. The molecule has 3 aromatic rings. The van der Waals surface area contributed by atoms with Gasteiger partial charge in [-0.3, -0.25) is 9.59 Å². The Morgan fingerprint density at radius 3 is 2.50 bits per heavy atom. The van der Waals surface area contributed by atoms with Crippen LogP contribution in [0.3, 0.4) is 0 Å². The molecule has 0 aliphatic heterocycles. The number of hydrogen-bond acceptors (Lipinski definition) is 4. The van der Waals surface area contributed by atoms with Gasteiger partial charge in [0.1, 0.15) is 12.3 Å². The number of benzene rings is 1. The first-order valence-corrected chi connectivity index (χ1v) is 10.2. The van der Waals surface area contributed by atoms with Crippen LogP contribution in [0, 0.1) is 0 Å². The van der Waals surface area contributed by atoms with Crippen molar-refractivity contribution < 1.29 is 14.0 Å². The molecule has 2 N–H and O–H groups in total.